The lowest BCUT2D eigenvalue weighted by atomic mass is 9.83. The summed E-state index contributed by atoms with van der Waals surface area (Å²) in [6.07, 6.45) is 7.38. The van der Waals surface area contributed by atoms with Gasteiger partial charge in [0, 0.05) is 0 Å². The normalized spacial score (nSPS) is 18.1. The summed E-state index contributed by atoms with van der Waals surface area (Å²) in [6, 6.07) is 21.5. The van der Waals surface area contributed by atoms with Crippen LogP contribution in [0.4, 0.5) is 0 Å². The van der Waals surface area contributed by atoms with Crippen LogP contribution in [-0.2, 0) is 4.79 Å². The zero-order chi connectivity index (χ0) is 18.8. The van der Waals surface area contributed by atoms with Gasteiger partial charge in [-0.15, -0.1) is 0 Å². The molecule has 4 aromatic rings. The number of ketones is 1. The van der Waals surface area contributed by atoms with Gasteiger partial charge in [0.2, 0.25) is 5.78 Å². The summed E-state index contributed by atoms with van der Waals surface area (Å²) in [6.45, 7) is 0. The molecule has 2 nitrogen and oxygen atoms in total. The summed E-state index contributed by atoms with van der Waals surface area (Å²) in [5.74, 6) is -0.808. The maximum atomic E-state index is 12.5. The Morgan fingerprint density at radius 3 is 2.25 bits per heavy atom. The average molecular weight is 360 g/mol. The molecule has 0 aromatic heterocycles. The van der Waals surface area contributed by atoms with E-state index >= 15 is 0 Å². The molecule has 28 heavy (non-hydrogen) atoms. The summed E-state index contributed by atoms with van der Waals surface area (Å²) < 4.78 is 0. The van der Waals surface area contributed by atoms with Gasteiger partial charge in [-0.25, -0.2) is 0 Å². The van der Waals surface area contributed by atoms with E-state index in [2.05, 4.69) is 66.7 Å². The molecule has 0 amide bonds. The number of benzene rings is 4. The van der Waals surface area contributed by atoms with Crippen LogP contribution < -0.4 is 10.4 Å². The van der Waals surface area contributed by atoms with Crippen molar-refractivity contribution in [3.8, 4) is 0 Å². The highest BCUT2D eigenvalue weighted by Gasteiger charge is 2.27. The van der Waals surface area contributed by atoms with Crippen molar-refractivity contribution in [2.24, 2.45) is 5.92 Å². The molecule has 2 aliphatic rings. The molecule has 1 unspecified atom stereocenters. The number of hydrogen-bond acceptors (Lipinski definition) is 2. The molecule has 0 aliphatic heterocycles. The Morgan fingerprint density at radius 1 is 0.750 bits per heavy atom. The monoisotopic (exact) mass is 360 g/mol. The largest absolute Gasteiger partial charge is 0.504 e. The van der Waals surface area contributed by atoms with Gasteiger partial charge in [-0.05, 0) is 78.7 Å². The Morgan fingerprint density at radius 2 is 1.46 bits per heavy atom. The van der Waals surface area contributed by atoms with Crippen LogP contribution in [0.3, 0.4) is 0 Å². The molecule has 0 heterocycles. The molecule has 1 atom stereocenters. The molecular weight excluding hydrogens is 344 g/mol. The van der Waals surface area contributed by atoms with E-state index in [-0.39, 0.29) is 11.5 Å². The number of hydrogen-bond donors (Lipinski definition) is 1. The van der Waals surface area contributed by atoms with Crippen LogP contribution in [0.1, 0.15) is 0 Å². The fourth-order valence-electron chi connectivity index (χ4n) is 4.45. The van der Waals surface area contributed by atoms with Crippen LogP contribution in [0.2, 0.25) is 0 Å². The van der Waals surface area contributed by atoms with Crippen molar-refractivity contribution in [1.82, 2.24) is 0 Å². The van der Waals surface area contributed by atoms with Gasteiger partial charge < -0.3 is 5.11 Å². The molecule has 2 aliphatic carbocycles. The minimum absolute atomic E-state index is 0.168. The summed E-state index contributed by atoms with van der Waals surface area (Å²) in [5, 5.41) is 19.2. The number of fused-ring (bicyclic) bond motifs is 6. The number of aliphatic hydroxyl groups excluding tert-OH is 1. The standard InChI is InChI=1S/C26H16O2/c27-25-8-7-19-11-17-5-6-18-12-20-9-15-3-1-2-4-16(15)10-21(20)13-22(18)23(17)14-24(19)26(25)28/h1-14,24,27H. The molecule has 2 heteroatoms. The molecule has 0 radical (unpaired) electrons. The van der Waals surface area contributed by atoms with E-state index in [1.807, 2.05) is 12.2 Å². The van der Waals surface area contributed by atoms with Gasteiger partial charge >= 0.3 is 0 Å². The van der Waals surface area contributed by atoms with Gasteiger partial charge in [0.1, 0.15) is 0 Å². The Bertz CT molecular complexity index is 1530. The van der Waals surface area contributed by atoms with Crippen LogP contribution >= 0.6 is 0 Å². The first kappa shape index (κ1) is 15.4. The highest BCUT2D eigenvalue weighted by molar-refractivity contribution is 6.07. The Kier molecular flexibility index (Phi) is 2.99. The Hall–Kier alpha value is -3.65. The van der Waals surface area contributed by atoms with E-state index < -0.39 is 5.92 Å². The maximum absolute atomic E-state index is 12.5. The number of carbonyl (C=O) groups excluding carboxylic acids is 1. The summed E-state index contributed by atoms with van der Waals surface area (Å²) in [5.41, 5.74) is 0.932. The third kappa shape index (κ3) is 2.12. The number of Topliss-reactive ketones (excluding diaryl/α,β-unsaturated/α-hetero) is 1. The average Bonchev–Trinajstić information content (AvgIpc) is 2.72. The topological polar surface area (TPSA) is 37.3 Å². The van der Waals surface area contributed by atoms with Crippen molar-refractivity contribution < 1.29 is 9.90 Å². The summed E-state index contributed by atoms with van der Waals surface area (Å²) in [7, 11) is 0. The predicted molar refractivity (Wildman–Crippen MR) is 114 cm³/mol. The molecule has 0 spiro atoms. The smallest absolute Gasteiger partial charge is 0.208 e. The maximum Gasteiger partial charge on any atom is 0.208 e. The zero-order valence-corrected chi connectivity index (χ0v) is 15.0. The number of rotatable bonds is 0. The minimum Gasteiger partial charge on any atom is -0.504 e. The lowest BCUT2D eigenvalue weighted by molar-refractivity contribution is -0.119. The highest BCUT2D eigenvalue weighted by Crippen LogP contribution is 2.28. The van der Waals surface area contributed by atoms with E-state index in [0.717, 1.165) is 26.8 Å². The van der Waals surface area contributed by atoms with Gasteiger partial charge in [-0.1, -0.05) is 54.6 Å². The number of allylic oxidation sites excluding steroid dienone is 4. The fourth-order valence-corrected chi connectivity index (χ4v) is 4.45. The Balaban J connectivity index is 1.70. The van der Waals surface area contributed by atoms with Gasteiger partial charge in [0.05, 0.1) is 5.92 Å². The van der Waals surface area contributed by atoms with Gasteiger partial charge in [-0.2, -0.15) is 0 Å². The fraction of sp³-hybridized carbons (Fsp3) is 0.0385. The van der Waals surface area contributed by atoms with E-state index in [9.17, 15) is 9.90 Å². The van der Waals surface area contributed by atoms with Crippen LogP contribution in [0.5, 0.6) is 0 Å². The highest BCUT2D eigenvalue weighted by atomic mass is 16.3. The zero-order valence-electron chi connectivity index (χ0n) is 15.0. The molecule has 1 N–H and O–H groups in total. The molecule has 0 saturated heterocycles. The third-order valence-corrected chi connectivity index (χ3v) is 5.90. The second kappa shape index (κ2) is 5.43. The van der Waals surface area contributed by atoms with Crippen LogP contribution in [0, 0.1) is 5.92 Å². The first-order valence-corrected chi connectivity index (χ1v) is 9.41. The van der Waals surface area contributed by atoms with Crippen molar-refractivity contribution in [2.45, 2.75) is 0 Å². The van der Waals surface area contributed by atoms with E-state index in [1.165, 1.54) is 27.6 Å². The van der Waals surface area contributed by atoms with E-state index in [0.29, 0.717) is 0 Å². The van der Waals surface area contributed by atoms with Crippen molar-refractivity contribution in [3.05, 3.63) is 94.6 Å². The van der Waals surface area contributed by atoms with E-state index in [1.54, 1.807) is 0 Å². The van der Waals surface area contributed by atoms with Crippen LogP contribution in [0.15, 0.2) is 84.1 Å². The SMILES string of the molecule is O=C1C(O)=CC=C2C=c3ccc4cc5cc6ccccc6cc5cc4c3=CC12. The molecule has 0 saturated carbocycles. The predicted octanol–water partition coefficient (Wildman–Crippen LogP) is 4.29. The molecule has 4 aromatic carbocycles. The minimum atomic E-state index is -0.407. The summed E-state index contributed by atoms with van der Waals surface area (Å²) >= 11 is 0. The van der Waals surface area contributed by atoms with Gasteiger partial charge in [0.25, 0.3) is 0 Å². The molecule has 132 valence electrons. The van der Waals surface area contributed by atoms with Crippen molar-refractivity contribution in [1.29, 1.82) is 0 Å². The quantitative estimate of drug-likeness (QED) is 0.475. The first-order valence-electron chi connectivity index (χ1n) is 9.41. The van der Waals surface area contributed by atoms with E-state index in [4.69, 9.17) is 0 Å². The number of carbonyl (C=O) groups is 1. The van der Waals surface area contributed by atoms with Crippen molar-refractivity contribution in [2.75, 3.05) is 0 Å². The van der Waals surface area contributed by atoms with Crippen molar-refractivity contribution >= 4 is 50.3 Å². The van der Waals surface area contributed by atoms with Gasteiger partial charge in [-0.3, -0.25) is 4.79 Å². The third-order valence-electron chi connectivity index (χ3n) is 5.90. The lowest BCUT2D eigenvalue weighted by Crippen LogP contribution is -2.34. The second-order valence-electron chi connectivity index (χ2n) is 7.56. The van der Waals surface area contributed by atoms with Crippen LogP contribution in [0.25, 0.3) is 44.5 Å². The molecule has 6 rings (SSSR count). The van der Waals surface area contributed by atoms with Gasteiger partial charge in [0.15, 0.2) is 5.76 Å². The van der Waals surface area contributed by atoms with Crippen LogP contribution in [-0.4, -0.2) is 10.9 Å². The molecular formula is C26H16O2. The molecule has 0 fully saturated rings. The second-order valence-corrected chi connectivity index (χ2v) is 7.56. The first-order chi connectivity index (χ1) is 13.7. The van der Waals surface area contributed by atoms with Crippen molar-refractivity contribution in [3.63, 3.8) is 0 Å². The lowest BCUT2D eigenvalue weighted by Gasteiger charge is -2.20. The number of aliphatic hydroxyl groups is 1. The molecule has 0 bridgehead atoms. The summed E-state index contributed by atoms with van der Waals surface area (Å²) in [4.78, 5) is 12.5. The Labute approximate surface area is 161 Å².